The first kappa shape index (κ1) is 23.8. The molecule has 3 aliphatic rings. The average molecular weight is 503 g/mol. The van der Waals surface area contributed by atoms with Crippen LogP contribution in [-0.4, -0.2) is 70.0 Å². The van der Waals surface area contributed by atoms with E-state index in [1.807, 2.05) is 23.1 Å². The first-order valence-corrected chi connectivity index (χ1v) is 13.3. The van der Waals surface area contributed by atoms with Crippen molar-refractivity contribution in [3.05, 3.63) is 36.3 Å². The smallest absolute Gasteiger partial charge is 0.270 e. The molecular formula is C27H34N8O2. The number of pyridine rings is 1. The summed E-state index contributed by atoms with van der Waals surface area (Å²) in [5.74, 6) is 1.64. The van der Waals surface area contributed by atoms with Gasteiger partial charge in [0.1, 0.15) is 17.2 Å². The van der Waals surface area contributed by atoms with Crippen molar-refractivity contribution in [2.24, 2.45) is 11.8 Å². The molecule has 0 bridgehead atoms. The van der Waals surface area contributed by atoms with Gasteiger partial charge in [0.15, 0.2) is 0 Å². The molecular weight excluding hydrogens is 468 g/mol. The van der Waals surface area contributed by atoms with Gasteiger partial charge in [-0.15, -0.1) is 0 Å². The molecule has 2 aliphatic heterocycles. The van der Waals surface area contributed by atoms with E-state index < -0.39 is 0 Å². The molecule has 0 aromatic carbocycles. The maximum atomic E-state index is 13.1. The number of nitrogens with one attached hydrogen (secondary N) is 2. The number of hydrogen-bond donors (Lipinski definition) is 2. The summed E-state index contributed by atoms with van der Waals surface area (Å²) in [4.78, 5) is 43.2. The second kappa shape index (κ2) is 9.74. The molecule has 3 aromatic heterocycles. The molecule has 2 atom stereocenters. The fourth-order valence-electron chi connectivity index (χ4n) is 6.05. The highest BCUT2D eigenvalue weighted by atomic mass is 16.2. The topological polar surface area (TPSA) is 108 Å². The Kier molecular flexibility index (Phi) is 6.27. The predicted octanol–water partition coefficient (Wildman–Crippen LogP) is 3.35. The molecule has 3 aromatic rings. The van der Waals surface area contributed by atoms with Gasteiger partial charge in [-0.3, -0.25) is 9.59 Å². The summed E-state index contributed by atoms with van der Waals surface area (Å²) < 4.78 is 2.14. The Bertz CT molecular complexity index is 1310. The zero-order valence-electron chi connectivity index (χ0n) is 21.5. The SMILES string of the molecule is CN(C)C(=O)c1cc2cnc(Nc3ccc(N4C[C@@H]5CNC[C@@H]5C4=O)cn3)nc2n1C1CCCCCC1. The third-order valence-corrected chi connectivity index (χ3v) is 8.03. The number of aromatic nitrogens is 4. The van der Waals surface area contributed by atoms with Crippen molar-refractivity contribution in [1.82, 2.24) is 29.7 Å². The van der Waals surface area contributed by atoms with E-state index in [0.29, 0.717) is 23.4 Å². The monoisotopic (exact) mass is 502 g/mol. The van der Waals surface area contributed by atoms with Crippen molar-refractivity contribution in [2.75, 3.05) is 43.9 Å². The maximum absolute atomic E-state index is 13.1. The first-order valence-electron chi connectivity index (χ1n) is 13.3. The molecule has 10 nitrogen and oxygen atoms in total. The van der Waals surface area contributed by atoms with Crippen LogP contribution in [0.25, 0.3) is 11.0 Å². The number of fused-ring (bicyclic) bond motifs is 2. The maximum Gasteiger partial charge on any atom is 0.270 e. The molecule has 1 aliphatic carbocycles. The Morgan fingerprint density at radius 3 is 2.59 bits per heavy atom. The molecule has 2 amide bonds. The van der Waals surface area contributed by atoms with Gasteiger partial charge in [0.05, 0.1) is 17.8 Å². The van der Waals surface area contributed by atoms with Crippen molar-refractivity contribution < 1.29 is 9.59 Å². The average Bonchev–Trinajstić information content (AvgIpc) is 3.52. The highest BCUT2D eigenvalue weighted by Gasteiger charge is 2.43. The van der Waals surface area contributed by atoms with Crippen LogP contribution in [0.1, 0.15) is 55.1 Å². The molecule has 0 radical (unpaired) electrons. The van der Waals surface area contributed by atoms with Gasteiger partial charge in [-0.1, -0.05) is 25.7 Å². The van der Waals surface area contributed by atoms with Crippen LogP contribution in [0, 0.1) is 11.8 Å². The molecule has 37 heavy (non-hydrogen) atoms. The molecule has 0 unspecified atom stereocenters. The number of carbonyl (C=O) groups is 2. The van der Waals surface area contributed by atoms with Crippen molar-refractivity contribution in [2.45, 2.75) is 44.6 Å². The van der Waals surface area contributed by atoms with Gasteiger partial charge in [0, 0.05) is 57.3 Å². The summed E-state index contributed by atoms with van der Waals surface area (Å²) in [7, 11) is 3.56. The van der Waals surface area contributed by atoms with Crippen LogP contribution < -0.4 is 15.5 Å². The Labute approximate surface area is 216 Å². The summed E-state index contributed by atoms with van der Waals surface area (Å²) in [6.07, 6.45) is 10.4. The zero-order chi connectivity index (χ0) is 25.5. The molecule has 0 spiro atoms. The molecule has 10 heteroatoms. The van der Waals surface area contributed by atoms with Crippen LogP contribution in [0.5, 0.6) is 0 Å². The van der Waals surface area contributed by atoms with E-state index in [1.54, 1.807) is 31.4 Å². The van der Waals surface area contributed by atoms with Crippen molar-refractivity contribution in [3.63, 3.8) is 0 Å². The van der Waals surface area contributed by atoms with Crippen LogP contribution in [0.2, 0.25) is 0 Å². The van der Waals surface area contributed by atoms with Crippen molar-refractivity contribution in [1.29, 1.82) is 0 Å². The fraction of sp³-hybridized carbons (Fsp3) is 0.519. The predicted molar refractivity (Wildman–Crippen MR) is 142 cm³/mol. The van der Waals surface area contributed by atoms with E-state index in [1.165, 1.54) is 12.8 Å². The second-order valence-electron chi connectivity index (χ2n) is 10.7. The minimum atomic E-state index is -0.0228. The van der Waals surface area contributed by atoms with Crippen molar-refractivity contribution >= 4 is 40.3 Å². The van der Waals surface area contributed by atoms with Crippen LogP contribution in [0.4, 0.5) is 17.5 Å². The highest BCUT2D eigenvalue weighted by Crippen LogP contribution is 2.34. The lowest BCUT2D eigenvalue weighted by atomic mass is 10.0. The Morgan fingerprint density at radius 2 is 1.89 bits per heavy atom. The third kappa shape index (κ3) is 4.43. The summed E-state index contributed by atoms with van der Waals surface area (Å²) in [6, 6.07) is 5.93. The van der Waals surface area contributed by atoms with E-state index in [9.17, 15) is 9.59 Å². The molecule has 5 heterocycles. The lowest BCUT2D eigenvalue weighted by Gasteiger charge is -2.22. The van der Waals surface area contributed by atoms with E-state index in [2.05, 4.69) is 25.2 Å². The highest BCUT2D eigenvalue weighted by molar-refractivity contribution is 5.98. The molecule has 3 fully saturated rings. The number of amides is 2. The summed E-state index contributed by atoms with van der Waals surface area (Å²) >= 11 is 0. The van der Waals surface area contributed by atoms with Crippen LogP contribution >= 0.6 is 0 Å². The third-order valence-electron chi connectivity index (χ3n) is 8.03. The van der Waals surface area contributed by atoms with E-state index >= 15 is 0 Å². The fourth-order valence-corrected chi connectivity index (χ4v) is 6.05. The van der Waals surface area contributed by atoms with Gasteiger partial charge in [0.25, 0.3) is 5.91 Å². The van der Waals surface area contributed by atoms with Gasteiger partial charge < -0.3 is 25.0 Å². The van der Waals surface area contributed by atoms with Crippen LogP contribution in [0.15, 0.2) is 30.6 Å². The second-order valence-corrected chi connectivity index (χ2v) is 10.7. The summed E-state index contributed by atoms with van der Waals surface area (Å²) in [5.41, 5.74) is 2.25. The van der Waals surface area contributed by atoms with Crippen LogP contribution in [0.3, 0.4) is 0 Å². The summed E-state index contributed by atoms with van der Waals surface area (Å²) in [5, 5.41) is 7.38. The van der Waals surface area contributed by atoms with Gasteiger partial charge in [0.2, 0.25) is 11.9 Å². The lowest BCUT2D eigenvalue weighted by Crippen LogP contribution is -2.30. The summed E-state index contributed by atoms with van der Waals surface area (Å²) in [6.45, 7) is 2.39. The minimum absolute atomic E-state index is 0.0228. The quantitative estimate of drug-likeness (QED) is 0.515. The molecule has 6 rings (SSSR count). The van der Waals surface area contributed by atoms with Gasteiger partial charge >= 0.3 is 0 Å². The van der Waals surface area contributed by atoms with E-state index in [4.69, 9.17) is 4.98 Å². The van der Waals surface area contributed by atoms with E-state index in [-0.39, 0.29) is 23.8 Å². The standard InChI is InChI=1S/C27H34N8O2/c1-33(2)26(37)22-11-17-13-30-27(32-24(17)35(22)19-7-5-3-4-6-8-19)31-23-10-9-20(14-29-23)34-16-18-12-28-15-21(18)25(34)36/h9-11,13-14,18-19,21,28H,3-8,12,15-16H2,1-2H3,(H,29,30,31,32)/t18-,21-/m0/s1. The Balaban J connectivity index is 1.27. The Hall–Kier alpha value is -3.53. The molecule has 2 saturated heterocycles. The lowest BCUT2D eigenvalue weighted by molar-refractivity contribution is -0.120. The zero-order valence-corrected chi connectivity index (χ0v) is 21.5. The van der Waals surface area contributed by atoms with Crippen LogP contribution in [-0.2, 0) is 4.79 Å². The van der Waals surface area contributed by atoms with Gasteiger partial charge in [-0.2, -0.15) is 4.98 Å². The molecule has 1 saturated carbocycles. The Morgan fingerprint density at radius 1 is 1.08 bits per heavy atom. The molecule has 194 valence electrons. The first-order chi connectivity index (χ1) is 18.0. The largest absolute Gasteiger partial charge is 0.343 e. The minimum Gasteiger partial charge on any atom is -0.343 e. The molecule has 2 N–H and O–H groups in total. The normalized spacial score (nSPS) is 22.3. The van der Waals surface area contributed by atoms with Gasteiger partial charge in [-0.05, 0) is 31.0 Å². The number of rotatable bonds is 5. The number of carbonyl (C=O) groups excluding carboxylic acids is 2. The number of anilines is 3. The van der Waals surface area contributed by atoms with Crippen molar-refractivity contribution in [3.8, 4) is 0 Å². The number of nitrogens with zero attached hydrogens (tertiary/aromatic N) is 6. The number of hydrogen-bond acceptors (Lipinski definition) is 7. The van der Waals surface area contributed by atoms with E-state index in [0.717, 1.165) is 62.0 Å². The van der Waals surface area contributed by atoms with Gasteiger partial charge in [-0.25, -0.2) is 9.97 Å².